The summed E-state index contributed by atoms with van der Waals surface area (Å²) in [5, 5.41) is 7.74. The number of nitrogens with zero attached hydrogens (tertiary/aromatic N) is 2. The normalized spacial score (nSPS) is 12.4. The Hall–Kier alpha value is -1.81. The second-order valence-corrected chi connectivity index (χ2v) is 5.21. The fourth-order valence-corrected chi connectivity index (χ4v) is 2.44. The van der Waals surface area contributed by atoms with Gasteiger partial charge in [0.15, 0.2) is 0 Å². The number of aryl methyl sites for hydroxylation is 2. The van der Waals surface area contributed by atoms with E-state index < -0.39 is 0 Å². The molecule has 0 saturated carbocycles. The lowest BCUT2D eigenvalue weighted by Crippen LogP contribution is -2.14. The van der Waals surface area contributed by atoms with E-state index in [2.05, 4.69) is 42.5 Å². The number of nitrogens with one attached hydrogen (secondary N) is 1. The van der Waals surface area contributed by atoms with Gasteiger partial charge in [-0.25, -0.2) is 0 Å². The monoisotopic (exact) mass is 287 g/mol. The summed E-state index contributed by atoms with van der Waals surface area (Å²) < 4.78 is 7.74. The lowest BCUT2D eigenvalue weighted by molar-refractivity contribution is 0.294. The minimum absolute atomic E-state index is 0.406. The van der Waals surface area contributed by atoms with Crippen LogP contribution in [-0.2, 0) is 20.1 Å². The van der Waals surface area contributed by atoms with Crippen molar-refractivity contribution in [2.24, 2.45) is 7.05 Å². The molecule has 4 heteroatoms. The Morgan fingerprint density at radius 2 is 1.95 bits per heavy atom. The third-order valence-electron chi connectivity index (χ3n) is 3.82. The molecule has 114 valence electrons. The molecule has 0 amide bonds. The molecule has 0 saturated heterocycles. The predicted octanol–water partition coefficient (Wildman–Crippen LogP) is 3.23. The summed E-state index contributed by atoms with van der Waals surface area (Å²) in [6.07, 6.45) is 2.02. The van der Waals surface area contributed by atoms with Gasteiger partial charge in [0.25, 0.3) is 0 Å². The zero-order valence-electron chi connectivity index (χ0n) is 13.4. The maximum Gasteiger partial charge on any atom is 0.130 e. The SMILES string of the molecule is CCc1cc(COc2ccc(C(CC)NC)cc2)n(C)n1. The molecule has 0 aliphatic carbocycles. The fourth-order valence-electron chi connectivity index (χ4n) is 2.44. The van der Waals surface area contributed by atoms with Crippen LogP contribution < -0.4 is 10.1 Å². The molecule has 1 atom stereocenters. The van der Waals surface area contributed by atoms with Crippen LogP contribution in [0.25, 0.3) is 0 Å². The molecule has 1 unspecified atom stereocenters. The second kappa shape index (κ2) is 7.27. The molecule has 0 radical (unpaired) electrons. The summed E-state index contributed by atoms with van der Waals surface area (Å²) in [5.41, 5.74) is 3.49. The van der Waals surface area contributed by atoms with Crippen LogP contribution in [0.4, 0.5) is 0 Å². The van der Waals surface area contributed by atoms with E-state index in [1.807, 2.05) is 30.9 Å². The fraction of sp³-hybridized carbons (Fsp3) is 0.471. The van der Waals surface area contributed by atoms with Crippen molar-refractivity contribution >= 4 is 0 Å². The van der Waals surface area contributed by atoms with Crippen molar-refractivity contribution in [2.45, 2.75) is 39.3 Å². The third-order valence-corrected chi connectivity index (χ3v) is 3.82. The van der Waals surface area contributed by atoms with Gasteiger partial charge in [0, 0.05) is 13.1 Å². The van der Waals surface area contributed by atoms with Gasteiger partial charge in [-0.15, -0.1) is 0 Å². The molecule has 0 aliphatic rings. The Morgan fingerprint density at radius 1 is 1.24 bits per heavy atom. The van der Waals surface area contributed by atoms with Gasteiger partial charge in [-0.05, 0) is 43.7 Å². The largest absolute Gasteiger partial charge is 0.487 e. The van der Waals surface area contributed by atoms with Crippen molar-refractivity contribution in [2.75, 3.05) is 7.05 Å². The van der Waals surface area contributed by atoms with Crippen molar-refractivity contribution < 1.29 is 4.74 Å². The quantitative estimate of drug-likeness (QED) is 0.849. The van der Waals surface area contributed by atoms with Crippen molar-refractivity contribution in [3.05, 3.63) is 47.3 Å². The maximum atomic E-state index is 5.85. The molecule has 2 rings (SSSR count). The zero-order chi connectivity index (χ0) is 15.2. The number of ether oxygens (including phenoxy) is 1. The Labute approximate surface area is 127 Å². The highest BCUT2D eigenvalue weighted by Crippen LogP contribution is 2.20. The highest BCUT2D eigenvalue weighted by atomic mass is 16.5. The number of rotatable bonds is 7. The molecule has 1 N–H and O–H groups in total. The second-order valence-electron chi connectivity index (χ2n) is 5.21. The highest BCUT2D eigenvalue weighted by Gasteiger charge is 2.07. The van der Waals surface area contributed by atoms with Crippen LogP contribution in [0.2, 0.25) is 0 Å². The van der Waals surface area contributed by atoms with Crippen molar-refractivity contribution in [3.63, 3.8) is 0 Å². The Morgan fingerprint density at radius 3 is 2.48 bits per heavy atom. The van der Waals surface area contributed by atoms with Crippen LogP contribution in [0, 0.1) is 0 Å². The van der Waals surface area contributed by atoms with Crippen LogP contribution >= 0.6 is 0 Å². The third kappa shape index (κ3) is 3.85. The van der Waals surface area contributed by atoms with E-state index in [0.717, 1.165) is 30.0 Å². The van der Waals surface area contributed by atoms with Gasteiger partial charge >= 0.3 is 0 Å². The van der Waals surface area contributed by atoms with Gasteiger partial charge in [-0.1, -0.05) is 26.0 Å². The zero-order valence-corrected chi connectivity index (χ0v) is 13.4. The standard InChI is InChI=1S/C17H25N3O/c1-5-14-11-15(20(4)19-14)12-21-16-9-7-13(8-10-16)17(6-2)18-3/h7-11,17-18H,5-6,12H2,1-4H3. The molecule has 0 spiro atoms. The molecule has 21 heavy (non-hydrogen) atoms. The summed E-state index contributed by atoms with van der Waals surface area (Å²) in [5.74, 6) is 0.893. The first-order chi connectivity index (χ1) is 10.2. The highest BCUT2D eigenvalue weighted by molar-refractivity contribution is 5.29. The topological polar surface area (TPSA) is 39.1 Å². The Kier molecular flexibility index (Phi) is 5.39. The van der Waals surface area contributed by atoms with Gasteiger partial charge in [0.2, 0.25) is 0 Å². The average Bonchev–Trinajstić information content (AvgIpc) is 2.88. The summed E-state index contributed by atoms with van der Waals surface area (Å²) in [6.45, 7) is 4.84. The first-order valence-corrected chi connectivity index (χ1v) is 7.59. The van der Waals surface area contributed by atoms with Gasteiger partial charge in [0.1, 0.15) is 12.4 Å². The van der Waals surface area contributed by atoms with Gasteiger partial charge in [-0.2, -0.15) is 5.10 Å². The molecule has 1 heterocycles. The smallest absolute Gasteiger partial charge is 0.130 e. The van der Waals surface area contributed by atoms with Crippen LogP contribution in [0.15, 0.2) is 30.3 Å². The van der Waals surface area contributed by atoms with E-state index in [1.54, 1.807) is 0 Å². The molecular formula is C17H25N3O. The summed E-state index contributed by atoms with van der Waals surface area (Å²) >= 11 is 0. The number of hydrogen-bond donors (Lipinski definition) is 1. The van der Waals surface area contributed by atoms with Gasteiger partial charge in [-0.3, -0.25) is 4.68 Å². The summed E-state index contributed by atoms with van der Waals surface area (Å²) in [7, 11) is 3.95. The van der Waals surface area contributed by atoms with Crippen molar-refractivity contribution in [1.29, 1.82) is 0 Å². The number of benzene rings is 1. The minimum Gasteiger partial charge on any atom is -0.487 e. The molecule has 0 aliphatic heterocycles. The van der Waals surface area contributed by atoms with Crippen LogP contribution in [0.3, 0.4) is 0 Å². The first kappa shape index (κ1) is 15.6. The van der Waals surface area contributed by atoms with Crippen molar-refractivity contribution in [1.82, 2.24) is 15.1 Å². The molecule has 1 aromatic heterocycles. The van der Waals surface area contributed by atoms with Crippen LogP contribution in [0.1, 0.15) is 43.3 Å². The predicted molar refractivity (Wildman–Crippen MR) is 85.5 cm³/mol. The molecule has 0 bridgehead atoms. The first-order valence-electron chi connectivity index (χ1n) is 7.59. The molecule has 0 fully saturated rings. The van der Waals surface area contributed by atoms with E-state index in [9.17, 15) is 0 Å². The summed E-state index contributed by atoms with van der Waals surface area (Å²) in [4.78, 5) is 0. The molecule has 4 nitrogen and oxygen atoms in total. The molecular weight excluding hydrogens is 262 g/mol. The van der Waals surface area contributed by atoms with Gasteiger partial charge in [0.05, 0.1) is 11.4 Å². The van der Waals surface area contributed by atoms with Gasteiger partial charge < -0.3 is 10.1 Å². The van der Waals surface area contributed by atoms with E-state index in [1.165, 1.54) is 5.56 Å². The van der Waals surface area contributed by atoms with E-state index >= 15 is 0 Å². The van der Waals surface area contributed by atoms with E-state index in [0.29, 0.717) is 12.6 Å². The maximum absolute atomic E-state index is 5.85. The minimum atomic E-state index is 0.406. The van der Waals surface area contributed by atoms with E-state index in [-0.39, 0.29) is 0 Å². The Balaban J connectivity index is 1.98. The Bertz CT molecular complexity index is 556. The molecule has 2 aromatic rings. The van der Waals surface area contributed by atoms with Crippen LogP contribution in [-0.4, -0.2) is 16.8 Å². The van der Waals surface area contributed by atoms with E-state index in [4.69, 9.17) is 4.74 Å². The van der Waals surface area contributed by atoms with Crippen LogP contribution in [0.5, 0.6) is 5.75 Å². The lowest BCUT2D eigenvalue weighted by atomic mass is 10.1. The lowest BCUT2D eigenvalue weighted by Gasteiger charge is -2.14. The average molecular weight is 287 g/mol. The number of aromatic nitrogens is 2. The number of hydrogen-bond acceptors (Lipinski definition) is 3. The summed E-state index contributed by atoms with van der Waals surface area (Å²) in [6, 6.07) is 10.8. The van der Waals surface area contributed by atoms with Crippen molar-refractivity contribution in [3.8, 4) is 5.75 Å². The molecule has 1 aromatic carbocycles.